The van der Waals surface area contributed by atoms with Gasteiger partial charge in [0.2, 0.25) is 5.91 Å². The summed E-state index contributed by atoms with van der Waals surface area (Å²) in [4.78, 5) is 16.5. The first kappa shape index (κ1) is 12.4. The maximum Gasteiger partial charge on any atom is 0.241 e. The van der Waals surface area contributed by atoms with E-state index in [4.69, 9.17) is 5.73 Å². The Hall–Kier alpha value is -1.59. The lowest BCUT2D eigenvalue weighted by atomic mass is 10.1. The lowest BCUT2D eigenvalue weighted by Crippen LogP contribution is -2.48. The zero-order valence-corrected chi connectivity index (χ0v) is 11.1. The normalized spacial score (nSPS) is 19.5. The van der Waals surface area contributed by atoms with Gasteiger partial charge in [-0.15, -0.1) is 0 Å². The Morgan fingerprint density at radius 3 is 2.84 bits per heavy atom. The van der Waals surface area contributed by atoms with Crippen LogP contribution in [-0.2, 0) is 11.2 Å². The van der Waals surface area contributed by atoms with Crippen LogP contribution in [-0.4, -0.2) is 50.1 Å². The summed E-state index contributed by atoms with van der Waals surface area (Å²) in [6, 6.07) is 5.82. The van der Waals surface area contributed by atoms with E-state index in [-0.39, 0.29) is 5.91 Å². The van der Waals surface area contributed by atoms with Crippen LogP contribution in [0.5, 0.6) is 0 Å². The minimum absolute atomic E-state index is 0.199. The number of fused-ring (bicyclic) bond motifs is 1. The Morgan fingerprint density at radius 1 is 1.26 bits per heavy atom. The predicted molar refractivity (Wildman–Crippen MR) is 76.2 cm³/mol. The highest BCUT2D eigenvalue weighted by atomic mass is 16.2. The largest absolute Gasteiger partial charge is 0.399 e. The smallest absolute Gasteiger partial charge is 0.241 e. The van der Waals surface area contributed by atoms with Crippen LogP contribution in [0.15, 0.2) is 18.2 Å². The van der Waals surface area contributed by atoms with Crippen molar-refractivity contribution in [3.05, 3.63) is 23.8 Å². The van der Waals surface area contributed by atoms with E-state index in [0.29, 0.717) is 6.54 Å². The average molecular weight is 260 g/mol. The molecule has 1 saturated heterocycles. The van der Waals surface area contributed by atoms with Crippen LogP contribution in [0.2, 0.25) is 0 Å². The molecule has 0 bridgehead atoms. The molecule has 0 spiro atoms. The summed E-state index contributed by atoms with van der Waals surface area (Å²) in [5.74, 6) is 0.199. The molecule has 2 aliphatic heterocycles. The first-order valence-corrected chi connectivity index (χ1v) is 6.86. The summed E-state index contributed by atoms with van der Waals surface area (Å²) in [7, 11) is 0. The fraction of sp³-hybridized carbons (Fsp3) is 0.500. The second-order valence-corrected chi connectivity index (χ2v) is 5.21. The second kappa shape index (κ2) is 5.19. The predicted octanol–water partition coefficient (Wildman–Crippen LogP) is 0.0631. The number of carbonyl (C=O) groups is 1. The number of piperazine rings is 1. The lowest BCUT2D eigenvalue weighted by molar-refractivity contribution is -0.119. The van der Waals surface area contributed by atoms with E-state index < -0.39 is 0 Å². The van der Waals surface area contributed by atoms with Crippen LogP contribution in [0.3, 0.4) is 0 Å². The van der Waals surface area contributed by atoms with E-state index in [9.17, 15) is 4.79 Å². The third-order valence-corrected chi connectivity index (χ3v) is 3.87. The molecule has 1 amide bonds. The van der Waals surface area contributed by atoms with Crippen molar-refractivity contribution >= 4 is 17.3 Å². The van der Waals surface area contributed by atoms with Crippen molar-refractivity contribution in [1.29, 1.82) is 0 Å². The molecule has 3 rings (SSSR count). The molecule has 0 aromatic heterocycles. The van der Waals surface area contributed by atoms with Crippen LogP contribution in [0.4, 0.5) is 11.4 Å². The number of nitrogen functional groups attached to an aromatic ring is 1. The first-order valence-electron chi connectivity index (χ1n) is 6.86. The Balaban J connectivity index is 1.69. The van der Waals surface area contributed by atoms with Crippen LogP contribution in [0.1, 0.15) is 5.56 Å². The summed E-state index contributed by atoms with van der Waals surface area (Å²) in [5, 5.41) is 3.30. The van der Waals surface area contributed by atoms with E-state index in [2.05, 4.69) is 10.2 Å². The number of nitrogens with zero attached hydrogens (tertiary/aromatic N) is 2. The van der Waals surface area contributed by atoms with E-state index in [1.807, 2.05) is 23.1 Å². The third kappa shape index (κ3) is 2.57. The zero-order chi connectivity index (χ0) is 13.2. The maximum atomic E-state index is 12.4. The van der Waals surface area contributed by atoms with Crippen molar-refractivity contribution in [3.63, 3.8) is 0 Å². The molecule has 2 heterocycles. The molecule has 0 unspecified atom stereocenters. The molecule has 0 radical (unpaired) electrons. The highest BCUT2D eigenvalue weighted by Crippen LogP contribution is 2.29. The number of carbonyl (C=O) groups excluding carboxylic acids is 1. The molecule has 2 aliphatic rings. The average Bonchev–Trinajstić information content (AvgIpc) is 2.82. The fourth-order valence-electron chi connectivity index (χ4n) is 2.83. The maximum absolute atomic E-state index is 12.4. The number of rotatable bonds is 2. The minimum atomic E-state index is 0.199. The number of benzene rings is 1. The van der Waals surface area contributed by atoms with Crippen molar-refractivity contribution in [2.24, 2.45) is 0 Å². The molecule has 19 heavy (non-hydrogen) atoms. The first-order chi connectivity index (χ1) is 9.24. The molecule has 102 valence electrons. The van der Waals surface area contributed by atoms with Crippen molar-refractivity contribution in [2.45, 2.75) is 6.42 Å². The summed E-state index contributed by atoms with van der Waals surface area (Å²) >= 11 is 0. The lowest BCUT2D eigenvalue weighted by Gasteiger charge is -2.28. The van der Waals surface area contributed by atoms with Crippen molar-refractivity contribution in [1.82, 2.24) is 10.2 Å². The van der Waals surface area contributed by atoms with Crippen LogP contribution in [0, 0.1) is 0 Å². The molecule has 3 N–H and O–H groups in total. The van der Waals surface area contributed by atoms with E-state index >= 15 is 0 Å². The summed E-state index contributed by atoms with van der Waals surface area (Å²) in [6.07, 6.45) is 0.910. The number of hydrogen-bond donors (Lipinski definition) is 2. The van der Waals surface area contributed by atoms with Gasteiger partial charge in [0.05, 0.1) is 6.54 Å². The number of hydrogen-bond acceptors (Lipinski definition) is 4. The van der Waals surface area contributed by atoms with Crippen molar-refractivity contribution in [2.75, 3.05) is 49.9 Å². The van der Waals surface area contributed by atoms with E-state index in [0.717, 1.165) is 50.5 Å². The molecular weight excluding hydrogens is 240 g/mol. The van der Waals surface area contributed by atoms with Crippen LogP contribution in [0.25, 0.3) is 0 Å². The quantitative estimate of drug-likeness (QED) is 0.738. The van der Waals surface area contributed by atoms with Gasteiger partial charge < -0.3 is 16.0 Å². The number of anilines is 2. The van der Waals surface area contributed by atoms with Crippen LogP contribution >= 0.6 is 0 Å². The van der Waals surface area contributed by atoms with Gasteiger partial charge in [0.25, 0.3) is 0 Å². The van der Waals surface area contributed by atoms with Gasteiger partial charge in [0.15, 0.2) is 0 Å². The van der Waals surface area contributed by atoms with Gasteiger partial charge in [-0.25, -0.2) is 0 Å². The molecule has 0 saturated carbocycles. The Morgan fingerprint density at radius 2 is 2.05 bits per heavy atom. The van der Waals surface area contributed by atoms with Gasteiger partial charge in [-0.05, 0) is 30.2 Å². The Bertz CT molecular complexity index is 482. The molecule has 1 fully saturated rings. The van der Waals surface area contributed by atoms with Gasteiger partial charge in [-0.1, -0.05) is 0 Å². The Kier molecular flexibility index (Phi) is 3.40. The molecule has 0 aliphatic carbocycles. The van der Waals surface area contributed by atoms with Gasteiger partial charge in [0, 0.05) is 44.1 Å². The van der Waals surface area contributed by atoms with Gasteiger partial charge in [-0.2, -0.15) is 0 Å². The molecule has 1 aromatic carbocycles. The van der Waals surface area contributed by atoms with Crippen LogP contribution < -0.4 is 16.0 Å². The number of nitrogens with two attached hydrogens (primary N) is 1. The van der Waals surface area contributed by atoms with Gasteiger partial charge >= 0.3 is 0 Å². The molecule has 0 atom stereocenters. The monoisotopic (exact) mass is 260 g/mol. The molecule has 1 aromatic rings. The highest BCUT2D eigenvalue weighted by molar-refractivity contribution is 5.97. The molecule has 5 heteroatoms. The standard InChI is InChI=1S/C14H20N4O/c15-12-1-2-13-11(9-12)3-6-18(13)14(19)10-17-7-4-16-5-8-17/h1-2,9,16H,3-8,10,15H2. The minimum Gasteiger partial charge on any atom is -0.399 e. The zero-order valence-electron chi connectivity index (χ0n) is 11.1. The number of nitrogens with one attached hydrogen (secondary N) is 1. The number of amides is 1. The molecule has 5 nitrogen and oxygen atoms in total. The fourth-order valence-corrected chi connectivity index (χ4v) is 2.83. The van der Waals surface area contributed by atoms with Gasteiger partial charge in [0.1, 0.15) is 0 Å². The third-order valence-electron chi connectivity index (χ3n) is 3.87. The topological polar surface area (TPSA) is 61.6 Å². The van der Waals surface area contributed by atoms with Crippen molar-refractivity contribution in [3.8, 4) is 0 Å². The van der Waals surface area contributed by atoms with Gasteiger partial charge in [-0.3, -0.25) is 9.69 Å². The SMILES string of the molecule is Nc1ccc2c(c1)CCN2C(=O)CN1CCNCC1. The summed E-state index contributed by atoms with van der Waals surface area (Å²) in [6.45, 7) is 5.15. The Labute approximate surface area is 113 Å². The second-order valence-electron chi connectivity index (χ2n) is 5.21. The summed E-state index contributed by atoms with van der Waals surface area (Å²) in [5.41, 5.74) is 8.78. The van der Waals surface area contributed by atoms with Crippen molar-refractivity contribution < 1.29 is 4.79 Å². The summed E-state index contributed by atoms with van der Waals surface area (Å²) < 4.78 is 0. The van der Waals surface area contributed by atoms with E-state index in [1.54, 1.807) is 0 Å². The highest BCUT2D eigenvalue weighted by Gasteiger charge is 2.26. The van der Waals surface area contributed by atoms with E-state index in [1.165, 1.54) is 5.56 Å². The molecular formula is C14H20N4O.